The highest BCUT2D eigenvalue weighted by Gasteiger charge is 2.22. The van der Waals surface area contributed by atoms with E-state index in [0.717, 1.165) is 12.3 Å². The average Bonchev–Trinajstić information content (AvgIpc) is 2.30. The molecule has 11 heteroatoms. The number of carbonyl (C=O) groups excluding carboxylic acids is 1. The molecule has 0 saturated carbocycles. The van der Waals surface area contributed by atoms with Crippen molar-refractivity contribution in [1.29, 1.82) is 0 Å². The van der Waals surface area contributed by atoms with Crippen LogP contribution in [0.15, 0.2) is 17.2 Å². The van der Waals surface area contributed by atoms with Crippen molar-refractivity contribution in [3.63, 3.8) is 0 Å². The fourth-order valence-corrected chi connectivity index (χ4v) is 1.13. The third-order valence-electron chi connectivity index (χ3n) is 1.89. The van der Waals surface area contributed by atoms with E-state index < -0.39 is 33.0 Å². The Labute approximate surface area is 104 Å². The molecule has 1 aromatic carbocycles. The van der Waals surface area contributed by atoms with Crippen molar-refractivity contribution in [2.45, 2.75) is 0 Å². The number of non-ortho nitro benzene ring substituents is 1. The summed E-state index contributed by atoms with van der Waals surface area (Å²) in [4.78, 5) is 29.7. The molecular weight excluding hydrogens is 262 g/mol. The zero-order valence-corrected chi connectivity index (χ0v) is 9.14. The van der Waals surface area contributed by atoms with Crippen molar-refractivity contribution in [2.24, 2.45) is 10.8 Å². The first-order valence-corrected chi connectivity index (χ1v) is 4.57. The molecule has 100 valence electrons. The number of nitrogens with two attached hydrogens (primary N) is 1. The van der Waals surface area contributed by atoms with Crippen molar-refractivity contribution in [2.75, 3.05) is 0 Å². The van der Waals surface area contributed by atoms with Crippen LogP contribution in [0.3, 0.4) is 0 Å². The highest BCUT2D eigenvalue weighted by molar-refractivity contribution is 5.87. The van der Waals surface area contributed by atoms with Crippen molar-refractivity contribution >= 4 is 23.6 Å². The molecule has 0 saturated heterocycles. The van der Waals surface area contributed by atoms with Crippen molar-refractivity contribution in [3.05, 3.63) is 37.9 Å². The Morgan fingerprint density at radius 1 is 1.37 bits per heavy atom. The molecule has 0 radical (unpaired) electrons. The Morgan fingerprint density at radius 3 is 2.47 bits per heavy atom. The Hall–Kier alpha value is -3.24. The monoisotopic (exact) mass is 269 g/mol. The van der Waals surface area contributed by atoms with Gasteiger partial charge in [-0.25, -0.2) is 10.2 Å². The molecule has 0 aliphatic rings. The highest BCUT2D eigenvalue weighted by atomic mass is 16.6. The lowest BCUT2D eigenvalue weighted by molar-refractivity contribution is -0.394. The summed E-state index contributed by atoms with van der Waals surface area (Å²) < 4.78 is 0. The van der Waals surface area contributed by atoms with Crippen molar-refractivity contribution < 1.29 is 19.7 Å². The summed E-state index contributed by atoms with van der Waals surface area (Å²) in [6.07, 6.45) is 0.792. The number of carbonyl (C=O) groups is 1. The molecule has 0 unspecified atom stereocenters. The van der Waals surface area contributed by atoms with Gasteiger partial charge in [0.2, 0.25) is 5.75 Å². The minimum atomic E-state index is -1.00. The number of aromatic hydroxyl groups is 1. The highest BCUT2D eigenvalue weighted by Crippen LogP contribution is 2.33. The summed E-state index contributed by atoms with van der Waals surface area (Å²) in [5, 5.41) is 34.0. The molecule has 0 aliphatic heterocycles. The lowest BCUT2D eigenvalue weighted by Gasteiger charge is -2.00. The molecule has 1 aromatic rings. The molecule has 4 N–H and O–H groups in total. The van der Waals surface area contributed by atoms with E-state index in [-0.39, 0.29) is 5.56 Å². The fourth-order valence-electron chi connectivity index (χ4n) is 1.13. The van der Waals surface area contributed by atoms with Gasteiger partial charge in [-0.3, -0.25) is 20.2 Å². The molecule has 0 aliphatic carbocycles. The van der Waals surface area contributed by atoms with E-state index in [1.165, 1.54) is 0 Å². The van der Waals surface area contributed by atoms with Gasteiger partial charge in [0, 0.05) is 6.07 Å². The predicted octanol–water partition coefficient (Wildman–Crippen LogP) is 0.211. The summed E-state index contributed by atoms with van der Waals surface area (Å²) in [5.41, 5.74) is 4.72. The molecular formula is C8H7N5O6. The minimum Gasteiger partial charge on any atom is -0.502 e. The summed E-state index contributed by atoms with van der Waals surface area (Å²) >= 11 is 0. The van der Waals surface area contributed by atoms with Crippen LogP contribution in [0.5, 0.6) is 5.75 Å². The first-order valence-electron chi connectivity index (χ1n) is 4.57. The van der Waals surface area contributed by atoms with Gasteiger partial charge in [-0.05, 0) is 0 Å². The lowest BCUT2D eigenvalue weighted by atomic mass is 10.1. The minimum absolute atomic E-state index is 0.311. The number of hydrogen-bond acceptors (Lipinski definition) is 7. The van der Waals surface area contributed by atoms with E-state index in [0.29, 0.717) is 6.07 Å². The summed E-state index contributed by atoms with van der Waals surface area (Å²) in [7, 11) is 0. The predicted molar refractivity (Wildman–Crippen MR) is 61.7 cm³/mol. The molecule has 0 aromatic heterocycles. The summed E-state index contributed by atoms with van der Waals surface area (Å²) in [6.45, 7) is 0. The van der Waals surface area contributed by atoms with Crippen molar-refractivity contribution in [3.8, 4) is 5.75 Å². The van der Waals surface area contributed by atoms with E-state index in [4.69, 9.17) is 5.73 Å². The third kappa shape index (κ3) is 3.36. The molecule has 0 heterocycles. The maximum Gasteiger partial charge on any atom is 0.332 e. The van der Waals surface area contributed by atoms with Gasteiger partial charge in [-0.2, -0.15) is 5.10 Å². The second kappa shape index (κ2) is 5.39. The second-order valence-electron chi connectivity index (χ2n) is 3.15. The molecule has 2 amide bonds. The van der Waals surface area contributed by atoms with Gasteiger partial charge in [0.1, 0.15) is 0 Å². The number of hydrogen-bond donors (Lipinski definition) is 3. The molecule has 11 nitrogen and oxygen atoms in total. The Kier molecular flexibility index (Phi) is 3.93. The van der Waals surface area contributed by atoms with E-state index in [2.05, 4.69) is 5.10 Å². The zero-order valence-electron chi connectivity index (χ0n) is 9.14. The number of amides is 2. The first-order chi connectivity index (χ1) is 8.82. The molecule has 0 fully saturated rings. The van der Waals surface area contributed by atoms with Crippen LogP contribution < -0.4 is 11.2 Å². The number of benzene rings is 1. The van der Waals surface area contributed by atoms with Crippen LogP contribution in [0, 0.1) is 20.2 Å². The maximum atomic E-state index is 10.6. The first kappa shape index (κ1) is 13.8. The largest absolute Gasteiger partial charge is 0.502 e. The number of rotatable bonds is 4. The van der Waals surface area contributed by atoms with Crippen LogP contribution in [0.4, 0.5) is 16.2 Å². The SMILES string of the molecule is NC(=O)N/N=C/c1cc([N+](=O)[O-])cc([N+](=O)[O-])c1O. The van der Waals surface area contributed by atoms with Gasteiger partial charge in [0.15, 0.2) is 0 Å². The van der Waals surface area contributed by atoms with E-state index in [9.17, 15) is 30.1 Å². The van der Waals surface area contributed by atoms with Crippen LogP contribution in [0.25, 0.3) is 0 Å². The normalized spacial score (nSPS) is 10.3. The van der Waals surface area contributed by atoms with Gasteiger partial charge in [0.05, 0.1) is 27.7 Å². The van der Waals surface area contributed by atoms with Gasteiger partial charge in [-0.15, -0.1) is 0 Å². The number of primary amides is 1. The summed E-state index contributed by atoms with van der Waals surface area (Å²) in [5.74, 6) is -0.814. The third-order valence-corrected chi connectivity index (χ3v) is 1.89. The second-order valence-corrected chi connectivity index (χ2v) is 3.15. The van der Waals surface area contributed by atoms with E-state index in [1.807, 2.05) is 0 Å². The number of hydrazone groups is 1. The molecule has 0 bridgehead atoms. The fraction of sp³-hybridized carbons (Fsp3) is 0. The molecule has 1 rings (SSSR count). The Bertz CT molecular complexity index is 583. The quantitative estimate of drug-likeness (QED) is 0.400. The van der Waals surface area contributed by atoms with Crippen molar-refractivity contribution in [1.82, 2.24) is 5.43 Å². The lowest BCUT2D eigenvalue weighted by Crippen LogP contribution is -2.24. The van der Waals surface area contributed by atoms with Gasteiger partial charge in [0.25, 0.3) is 5.69 Å². The zero-order chi connectivity index (χ0) is 14.6. The number of nitrogens with zero attached hydrogens (tertiary/aromatic N) is 3. The van der Waals surface area contributed by atoms with Gasteiger partial charge >= 0.3 is 11.7 Å². The number of nitro benzene ring substituents is 2. The van der Waals surface area contributed by atoms with Crippen LogP contribution in [0.2, 0.25) is 0 Å². The topological polar surface area (TPSA) is 174 Å². The standard InChI is InChI=1S/C8H7N5O6/c9-8(15)11-10-3-4-1-5(12(16)17)2-6(7(4)14)13(18)19/h1-3,14H,(H3,9,11,15)/b10-3+. The molecule has 19 heavy (non-hydrogen) atoms. The smallest absolute Gasteiger partial charge is 0.332 e. The molecule has 0 spiro atoms. The Balaban J connectivity index is 3.29. The maximum absolute atomic E-state index is 10.6. The summed E-state index contributed by atoms with van der Waals surface area (Å²) in [6, 6.07) is 0.457. The van der Waals surface area contributed by atoms with E-state index >= 15 is 0 Å². The number of phenolic OH excluding ortho intramolecular Hbond substituents is 1. The van der Waals surface area contributed by atoms with Gasteiger partial charge < -0.3 is 10.8 Å². The number of nitrogens with one attached hydrogen (secondary N) is 1. The average molecular weight is 269 g/mol. The van der Waals surface area contributed by atoms with Crippen LogP contribution in [0.1, 0.15) is 5.56 Å². The van der Waals surface area contributed by atoms with E-state index in [1.54, 1.807) is 5.43 Å². The van der Waals surface area contributed by atoms with Crippen LogP contribution >= 0.6 is 0 Å². The van der Waals surface area contributed by atoms with Crippen LogP contribution in [-0.2, 0) is 0 Å². The number of urea groups is 1. The molecule has 0 atom stereocenters. The van der Waals surface area contributed by atoms with Gasteiger partial charge in [-0.1, -0.05) is 0 Å². The van der Waals surface area contributed by atoms with Crippen LogP contribution in [-0.4, -0.2) is 27.2 Å². The number of nitro groups is 2. The number of phenols is 1. The Morgan fingerprint density at radius 2 is 2.00 bits per heavy atom.